The molecule has 0 aliphatic heterocycles. The Balaban J connectivity index is 1.97. The summed E-state index contributed by atoms with van der Waals surface area (Å²) in [5.41, 5.74) is 7.41. The molecule has 2 rings (SSSR count). The Morgan fingerprint density at radius 3 is 2.71 bits per heavy atom. The third-order valence-corrected chi connectivity index (χ3v) is 3.49. The standard InChI is InChI=1S/C12H15N3OS/c1-8-9(2)17-12(15-8)7-16-11-4-3-10(5-13)14-6-11/h3-4,6H,5,7,13H2,1-2H3. The van der Waals surface area contributed by atoms with Crippen molar-refractivity contribution in [3.05, 3.63) is 39.6 Å². The van der Waals surface area contributed by atoms with Gasteiger partial charge in [-0.15, -0.1) is 11.3 Å². The Kier molecular flexibility index (Phi) is 3.71. The smallest absolute Gasteiger partial charge is 0.140 e. The third-order valence-electron chi connectivity index (χ3n) is 2.44. The van der Waals surface area contributed by atoms with Gasteiger partial charge in [-0.3, -0.25) is 4.98 Å². The molecule has 0 atom stereocenters. The van der Waals surface area contributed by atoms with Crippen molar-refractivity contribution in [2.45, 2.75) is 27.0 Å². The Morgan fingerprint density at radius 2 is 2.18 bits per heavy atom. The third kappa shape index (κ3) is 3.01. The zero-order valence-corrected chi connectivity index (χ0v) is 10.8. The minimum atomic E-state index is 0.450. The molecule has 2 aromatic heterocycles. The van der Waals surface area contributed by atoms with Crippen molar-refractivity contribution in [2.24, 2.45) is 5.73 Å². The Morgan fingerprint density at radius 1 is 1.35 bits per heavy atom. The molecule has 4 nitrogen and oxygen atoms in total. The molecule has 90 valence electrons. The van der Waals surface area contributed by atoms with Gasteiger partial charge in [-0.05, 0) is 26.0 Å². The van der Waals surface area contributed by atoms with Gasteiger partial charge in [0, 0.05) is 11.4 Å². The van der Waals surface area contributed by atoms with Crippen molar-refractivity contribution in [3.8, 4) is 5.75 Å². The van der Waals surface area contributed by atoms with Crippen LogP contribution in [-0.2, 0) is 13.2 Å². The highest BCUT2D eigenvalue weighted by molar-refractivity contribution is 7.11. The monoisotopic (exact) mass is 249 g/mol. The molecule has 0 fully saturated rings. The van der Waals surface area contributed by atoms with Gasteiger partial charge in [0.25, 0.3) is 0 Å². The summed E-state index contributed by atoms with van der Waals surface area (Å²) in [5, 5.41) is 0.989. The second kappa shape index (κ2) is 5.25. The zero-order valence-electron chi connectivity index (χ0n) is 9.93. The first-order valence-electron chi connectivity index (χ1n) is 5.39. The molecular formula is C12H15N3OS. The van der Waals surface area contributed by atoms with Crippen molar-refractivity contribution < 1.29 is 4.74 Å². The fourth-order valence-corrected chi connectivity index (χ4v) is 2.21. The molecule has 0 amide bonds. The molecule has 0 aromatic carbocycles. The van der Waals surface area contributed by atoms with E-state index in [1.54, 1.807) is 17.5 Å². The van der Waals surface area contributed by atoms with Gasteiger partial charge in [0.1, 0.15) is 17.4 Å². The first-order chi connectivity index (χ1) is 8.19. The summed E-state index contributed by atoms with van der Waals surface area (Å²) in [6.07, 6.45) is 1.69. The molecule has 0 spiro atoms. The molecule has 0 radical (unpaired) electrons. The molecule has 5 heteroatoms. The fourth-order valence-electron chi connectivity index (χ4n) is 1.36. The SMILES string of the molecule is Cc1nc(COc2ccc(CN)nc2)sc1C. The number of nitrogens with two attached hydrogens (primary N) is 1. The maximum atomic E-state index is 5.60. The molecule has 0 aliphatic carbocycles. The van der Waals surface area contributed by atoms with Crippen LogP contribution in [0.1, 0.15) is 21.3 Å². The predicted molar refractivity (Wildman–Crippen MR) is 68.0 cm³/mol. The summed E-state index contributed by atoms with van der Waals surface area (Å²) in [6, 6.07) is 3.75. The first kappa shape index (κ1) is 12.0. The lowest BCUT2D eigenvalue weighted by atomic mass is 10.3. The quantitative estimate of drug-likeness (QED) is 0.902. The minimum absolute atomic E-state index is 0.450. The van der Waals surface area contributed by atoms with Gasteiger partial charge >= 0.3 is 0 Å². The predicted octanol–water partition coefficient (Wildman–Crippen LogP) is 2.19. The summed E-state index contributed by atoms with van der Waals surface area (Å²) in [6.45, 7) is 5.01. The molecule has 0 saturated carbocycles. The molecular weight excluding hydrogens is 234 g/mol. The highest BCUT2D eigenvalue weighted by atomic mass is 32.1. The van der Waals surface area contributed by atoms with Crippen molar-refractivity contribution in [1.82, 2.24) is 9.97 Å². The number of aromatic nitrogens is 2. The van der Waals surface area contributed by atoms with Crippen LogP contribution < -0.4 is 10.5 Å². The van der Waals surface area contributed by atoms with E-state index < -0.39 is 0 Å². The van der Waals surface area contributed by atoms with Crippen LogP contribution in [0.2, 0.25) is 0 Å². The van der Waals surface area contributed by atoms with Gasteiger partial charge in [0.2, 0.25) is 0 Å². The molecule has 2 aromatic rings. The van der Waals surface area contributed by atoms with E-state index in [-0.39, 0.29) is 0 Å². The van der Waals surface area contributed by atoms with Crippen LogP contribution in [0.5, 0.6) is 5.75 Å². The number of hydrogen-bond acceptors (Lipinski definition) is 5. The van der Waals surface area contributed by atoms with Crippen molar-refractivity contribution >= 4 is 11.3 Å². The van der Waals surface area contributed by atoms with Crippen LogP contribution >= 0.6 is 11.3 Å². The van der Waals surface area contributed by atoms with Crippen LogP contribution in [0.25, 0.3) is 0 Å². The minimum Gasteiger partial charge on any atom is -0.485 e. The van der Waals surface area contributed by atoms with Gasteiger partial charge in [0.05, 0.1) is 17.6 Å². The number of pyridine rings is 1. The van der Waals surface area contributed by atoms with Crippen molar-refractivity contribution in [2.75, 3.05) is 0 Å². The maximum Gasteiger partial charge on any atom is 0.140 e. The Labute approximate surface area is 104 Å². The topological polar surface area (TPSA) is 61.0 Å². The van der Waals surface area contributed by atoms with E-state index in [2.05, 4.69) is 16.9 Å². The average molecular weight is 249 g/mol. The molecule has 0 unspecified atom stereocenters. The van der Waals surface area contributed by atoms with E-state index in [4.69, 9.17) is 10.5 Å². The lowest BCUT2D eigenvalue weighted by Gasteiger charge is -2.03. The summed E-state index contributed by atoms with van der Waals surface area (Å²) in [7, 11) is 0. The lowest BCUT2D eigenvalue weighted by Crippen LogP contribution is -2.00. The van der Waals surface area contributed by atoms with E-state index in [9.17, 15) is 0 Å². The zero-order chi connectivity index (χ0) is 12.3. The normalized spacial score (nSPS) is 10.5. The first-order valence-corrected chi connectivity index (χ1v) is 6.21. The average Bonchev–Trinajstić information content (AvgIpc) is 2.67. The van der Waals surface area contributed by atoms with E-state index in [0.717, 1.165) is 22.1 Å². The lowest BCUT2D eigenvalue weighted by molar-refractivity contribution is 0.304. The van der Waals surface area contributed by atoms with Gasteiger partial charge in [-0.25, -0.2) is 4.98 Å². The largest absolute Gasteiger partial charge is 0.485 e. The molecule has 0 saturated heterocycles. The van der Waals surface area contributed by atoms with E-state index in [1.165, 1.54) is 4.88 Å². The number of rotatable bonds is 4. The number of ether oxygens (including phenoxy) is 1. The highest BCUT2D eigenvalue weighted by Gasteiger charge is 2.04. The van der Waals surface area contributed by atoms with Crippen LogP contribution in [0.15, 0.2) is 18.3 Å². The van der Waals surface area contributed by atoms with Crippen molar-refractivity contribution in [1.29, 1.82) is 0 Å². The fraction of sp³-hybridized carbons (Fsp3) is 0.333. The molecule has 0 bridgehead atoms. The molecule has 2 heterocycles. The second-order valence-corrected chi connectivity index (χ2v) is 5.01. The summed E-state index contributed by atoms with van der Waals surface area (Å²) in [5.74, 6) is 0.743. The number of aryl methyl sites for hydroxylation is 2. The molecule has 0 aliphatic rings. The molecule has 2 N–H and O–H groups in total. The van der Waals surface area contributed by atoms with Gasteiger partial charge in [-0.1, -0.05) is 0 Å². The highest BCUT2D eigenvalue weighted by Crippen LogP contribution is 2.18. The van der Waals surface area contributed by atoms with Gasteiger partial charge in [0.15, 0.2) is 0 Å². The van der Waals surface area contributed by atoms with Gasteiger partial charge < -0.3 is 10.5 Å². The van der Waals surface area contributed by atoms with Crippen LogP contribution in [0.4, 0.5) is 0 Å². The molecule has 17 heavy (non-hydrogen) atoms. The summed E-state index contributed by atoms with van der Waals surface area (Å²) < 4.78 is 5.60. The number of nitrogens with zero attached hydrogens (tertiary/aromatic N) is 2. The van der Waals surface area contributed by atoms with E-state index >= 15 is 0 Å². The number of hydrogen-bond donors (Lipinski definition) is 1. The summed E-state index contributed by atoms with van der Waals surface area (Å²) in [4.78, 5) is 9.81. The van der Waals surface area contributed by atoms with E-state index in [0.29, 0.717) is 13.2 Å². The maximum absolute atomic E-state index is 5.60. The Hall–Kier alpha value is -1.46. The van der Waals surface area contributed by atoms with Gasteiger partial charge in [-0.2, -0.15) is 0 Å². The summed E-state index contributed by atoms with van der Waals surface area (Å²) >= 11 is 1.66. The van der Waals surface area contributed by atoms with Crippen LogP contribution in [0.3, 0.4) is 0 Å². The van der Waals surface area contributed by atoms with Crippen LogP contribution in [-0.4, -0.2) is 9.97 Å². The van der Waals surface area contributed by atoms with Crippen molar-refractivity contribution in [3.63, 3.8) is 0 Å². The second-order valence-electron chi connectivity index (χ2n) is 3.73. The van der Waals surface area contributed by atoms with E-state index in [1.807, 2.05) is 19.1 Å². The number of thiazole rings is 1. The Bertz CT molecular complexity index is 473. The van der Waals surface area contributed by atoms with Crippen LogP contribution in [0, 0.1) is 13.8 Å².